The van der Waals surface area contributed by atoms with Gasteiger partial charge in [0, 0.05) is 10.6 Å². The fraction of sp³-hybridized carbons (Fsp3) is 0.222. The Morgan fingerprint density at radius 2 is 1.96 bits per heavy atom. The predicted octanol–water partition coefficient (Wildman–Crippen LogP) is 3.90. The van der Waals surface area contributed by atoms with E-state index in [-0.39, 0.29) is 5.91 Å². The maximum absolute atomic E-state index is 11.9. The fourth-order valence-electron chi connectivity index (χ4n) is 1.93. The SMILES string of the molecule is CCCOc1ccc(C=NNC(=O)c2ccc(Cl)cc2)cc1OC. The monoisotopic (exact) mass is 346 g/mol. The first-order valence-electron chi connectivity index (χ1n) is 7.54. The van der Waals surface area contributed by atoms with Gasteiger partial charge in [0.2, 0.25) is 0 Å². The quantitative estimate of drug-likeness (QED) is 0.611. The molecular weight excluding hydrogens is 328 g/mol. The molecule has 126 valence electrons. The molecule has 1 N–H and O–H groups in total. The lowest BCUT2D eigenvalue weighted by molar-refractivity contribution is 0.0955. The minimum absolute atomic E-state index is 0.308. The van der Waals surface area contributed by atoms with E-state index in [1.165, 1.54) is 0 Å². The van der Waals surface area contributed by atoms with E-state index in [4.69, 9.17) is 21.1 Å². The van der Waals surface area contributed by atoms with E-state index in [1.807, 2.05) is 19.1 Å². The van der Waals surface area contributed by atoms with Crippen molar-refractivity contribution in [2.75, 3.05) is 13.7 Å². The van der Waals surface area contributed by atoms with Crippen LogP contribution in [0.3, 0.4) is 0 Å². The van der Waals surface area contributed by atoms with E-state index in [1.54, 1.807) is 43.7 Å². The molecule has 0 unspecified atom stereocenters. The first-order chi connectivity index (χ1) is 11.6. The highest BCUT2D eigenvalue weighted by molar-refractivity contribution is 6.30. The molecule has 0 saturated carbocycles. The van der Waals surface area contributed by atoms with Gasteiger partial charge in [-0.1, -0.05) is 18.5 Å². The molecule has 0 atom stereocenters. The van der Waals surface area contributed by atoms with Gasteiger partial charge in [0.15, 0.2) is 11.5 Å². The molecule has 0 aliphatic rings. The summed E-state index contributed by atoms with van der Waals surface area (Å²) >= 11 is 5.79. The number of nitrogens with one attached hydrogen (secondary N) is 1. The van der Waals surface area contributed by atoms with Gasteiger partial charge in [-0.2, -0.15) is 5.10 Å². The molecule has 6 heteroatoms. The number of carbonyl (C=O) groups is 1. The Morgan fingerprint density at radius 1 is 1.21 bits per heavy atom. The lowest BCUT2D eigenvalue weighted by Gasteiger charge is -2.10. The molecule has 0 aliphatic carbocycles. The van der Waals surface area contributed by atoms with Crippen molar-refractivity contribution in [3.8, 4) is 11.5 Å². The Bertz CT molecular complexity index is 715. The summed E-state index contributed by atoms with van der Waals surface area (Å²) in [6.45, 7) is 2.66. The van der Waals surface area contributed by atoms with Crippen LogP contribution in [0.5, 0.6) is 11.5 Å². The van der Waals surface area contributed by atoms with Crippen molar-refractivity contribution in [2.24, 2.45) is 5.10 Å². The Balaban J connectivity index is 2.00. The number of benzene rings is 2. The number of ether oxygens (including phenoxy) is 2. The van der Waals surface area contributed by atoms with Crippen molar-refractivity contribution in [3.63, 3.8) is 0 Å². The van der Waals surface area contributed by atoms with Crippen LogP contribution in [0.25, 0.3) is 0 Å². The van der Waals surface area contributed by atoms with Crippen LogP contribution in [0.2, 0.25) is 5.02 Å². The molecule has 2 aromatic rings. The lowest BCUT2D eigenvalue weighted by atomic mass is 10.2. The Hall–Kier alpha value is -2.53. The van der Waals surface area contributed by atoms with E-state index in [0.29, 0.717) is 28.7 Å². The summed E-state index contributed by atoms with van der Waals surface area (Å²) in [5, 5.41) is 4.53. The average Bonchev–Trinajstić information content (AvgIpc) is 2.60. The highest BCUT2D eigenvalue weighted by Gasteiger charge is 2.05. The Kier molecular flexibility index (Phi) is 6.63. The van der Waals surface area contributed by atoms with Crippen LogP contribution in [0.15, 0.2) is 47.6 Å². The van der Waals surface area contributed by atoms with E-state index in [2.05, 4.69) is 10.5 Å². The molecule has 0 saturated heterocycles. The largest absolute Gasteiger partial charge is 0.493 e. The minimum atomic E-state index is -0.308. The maximum Gasteiger partial charge on any atom is 0.271 e. The minimum Gasteiger partial charge on any atom is -0.493 e. The molecule has 2 aromatic carbocycles. The summed E-state index contributed by atoms with van der Waals surface area (Å²) in [5.41, 5.74) is 3.74. The highest BCUT2D eigenvalue weighted by Crippen LogP contribution is 2.27. The second-order valence-electron chi connectivity index (χ2n) is 4.96. The van der Waals surface area contributed by atoms with Crippen LogP contribution < -0.4 is 14.9 Å². The van der Waals surface area contributed by atoms with Crippen LogP contribution in [0, 0.1) is 0 Å². The van der Waals surface area contributed by atoms with Crippen LogP contribution >= 0.6 is 11.6 Å². The van der Waals surface area contributed by atoms with Crippen molar-refractivity contribution in [3.05, 3.63) is 58.6 Å². The molecule has 0 spiro atoms. The van der Waals surface area contributed by atoms with Gasteiger partial charge in [-0.25, -0.2) is 5.43 Å². The normalized spacial score (nSPS) is 10.6. The van der Waals surface area contributed by atoms with Gasteiger partial charge in [0.05, 0.1) is 19.9 Å². The van der Waals surface area contributed by atoms with Crippen LogP contribution in [0.1, 0.15) is 29.3 Å². The van der Waals surface area contributed by atoms with Crippen molar-refractivity contribution in [1.82, 2.24) is 5.43 Å². The number of carbonyl (C=O) groups excluding carboxylic acids is 1. The predicted molar refractivity (Wildman–Crippen MR) is 95.3 cm³/mol. The van der Waals surface area contributed by atoms with Crippen molar-refractivity contribution in [1.29, 1.82) is 0 Å². The van der Waals surface area contributed by atoms with Gasteiger partial charge in [-0.05, 0) is 54.4 Å². The molecule has 0 radical (unpaired) electrons. The molecule has 0 aliphatic heterocycles. The van der Waals surface area contributed by atoms with Gasteiger partial charge in [0.25, 0.3) is 5.91 Å². The summed E-state index contributed by atoms with van der Waals surface area (Å²) in [4.78, 5) is 11.9. The van der Waals surface area contributed by atoms with Gasteiger partial charge in [-0.15, -0.1) is 0 Å². The Labute approximate surface area is 146 Å². The number of nitrogens with zero attached hydrogens (tertiary/aromatic N) is 1. The molecule has 0 aromatic heterocycles. The summed E-state index contributed by atoms with van der Waals surface area (Å²) in [6.07, 6.45) is 2.46. The highest BCUT2D eigenvalue weighted by atomic mass is 35.5. The number of hydrazone groups is 1. The molecular formula is C18H19ClN2O3. The molecule has 24 heavy (non-hydrogen) atoms. The van der Waals surface area contributed by atoms with Gasteiger partial charge in [-0.3, -0.25) is 4.79 Å². The standard InChI is InChI=1S/C18H19ClN2O3/c1-3-10-24-16-9-4-13(11-17(16)23-2)12-20-21-18(22)14-5-7-15(19)8-6-14/h4-9,11-12H,3,10H2,1-2H3,(H,21,22). The van der Waals surface area contributed by atoms with Crippen LogP contribution in [0.4, 0.5) is 0 Å². The molecule has 2 rings (SSSR count). The zero-order valence-electron chi connectivity index (χ0n) is 13.6. The molecule has 5 nitrogen and oxygen atoms in total. The topological polar surface area (TPSA) is 59.9 Å². The summed E-state index contributed by atoms with van der Waals surface area (Å²) in [7, 11) is 1.58. The number of halogens is 1. The number of methoxy groups -OCH3 is 1. The third-order valence-electron chi connectivity index (χ3n) is 3.14. The van der Waals surface area contributed by atoms with Gasteiger partial charge < -0.3 is 9.47 Å². The first-order valence-corrected chi connectivity index (χ1v) is 7.91. The molecule has 0 fully saturated rings. The zero-order chi connectivity index (χ0) is 17.4. The lowest BCUT2D eigenvalue weighted by Crippen LogP contribution is -2.17. The molecule has 0 bridgehead atoms. The van der Waals surface area contributed by atoms with Crippen molar-refractivity contribution < 1.29 is 14.3 Å². The average molecular weight is 347 g/mol. The number of hydrogen-bond acceptors (Lipinski definition) is 4. The van der Waals surface area contributed by atoms with E-state index in [9.17, 15) is 4.79 Å². The second kappa shape index (κ2) is 8.93. The Morgan fingerprint density at radius 3 is 2.62 bits per heavy atom. The number of hydrogen-bond donors (Lipinski definition) is 1. The van der Waals surface area contributed by atoms with E-state index >= 15 is 0 Å². The third-order valence-corrected chi connectivity index (χ3v) is 3.39. The maximum atomic E-state index is 11.9. The van der Waals surface area contributed by atoms with Gasteiger partial charge >= 0.3 is 0 Å². The number of rotatable bonds is 7. The van der Waals surface area contributed by atoms with Crippen molar-refractivity contribution >= 4 is 23.7 Å². The molecule has 1 amide bonds. The van der Waals surface area contributed by atoms with E-state index < -0.39 is 0 Å². The summed E-state index contributed by atoms with van der Waals surface area (Å²) < 4.78 is 10.9. The smallest absolute Gasteiger partial charge is 0.271 e. The third kappa shape index (κ3) is 4.99. The number of amides is 1. The van der Waals surface area contributed by atoms with Crippen LogP contribution in [-0.4, -0.2) is 25.8 Å². The molecule has 0 heterocycles. The first kappa shape index (κ1) is 17.8. The van der Waals surface area contributed by atoms with Gasteiger partial charge in [0.1, 0.15) is 0 Å². The van der Waals surface area contributed by atoms with Crippen molar-refractivity contribution in [2.45, 2.75) is 13.3 Å². The van der Waals surface area contributed by atoms with E-state index in [0.717, 1.165) is 12.0 Å². The summed E-state index contributed by atoms with van der Waals surface area (Å²) in [6, 6.07) is 12.0. The summed E-state index contributed by atoms with van der Waals surface area (Å²) in [5.74, 6) is 0.996. The fourth-order valence-corrected chi connectivity index (χ4v) is 2.05. The van der Waals surface area contributed by atoms with Crippen LogP contribution in [-0.2, 0) is 0 Å². The zero-order valence-corrected chi connectivity index (χ0v) is 14.3. The second-order valence-corrected chi connectivity index (χ2v) is 5.40.